The van der Waals surface area contributed by atoms with Crippen LogP contribution in [0, 0.1) is 5.82 Å². The Kier molecular flexibility index (Phi) is 3.38. The van der Waals surface area contributed by atoms with Crippen LogP contribution in [0.25, 0.3) is 5.69 Å². The van der Waals surface area contributed by atoms with Crippen LogP contribution >= 0.6 is 0 Å². The van der Waals surface area contributed by atoms with Gasteiger partial charge in [0.25, 0.3) is 5.91 Å². The summed E-state index contributed by atoms with van der Waals surface area (Å²) in [6.07, 6.45) is 5.46. The number of rotatable bonds is 3. The Bertz CT molecular complexity index is 773. The van der Waals surface area contributed by atoms with E-state index in [4.69, 9.17) is 0 Å². The number of hydrogen-bond donors (Lipinski definition) is 1. The van der Waals surface area contributed by atoms with Gasteiger partial charge in [0.15, 0.2) is 5.82 Å². The first-order valence-corrected chi connectivity index (χ1v) is 6.10. The van der Waals surface area contributed by atoms with E-state index in [1.807, 2.05) is 6.07 Å². The summed E-state index contributed by atoms with van der Waals surface area (Å²) in [7, 11) is 0. The summed E-state index contributed by atoms with van der Waals surface area (Å²) in [5, 5.41) is 10.1. The van der Waals surface area contributed by atoms with Crippen molar-refractivity contribution in [1.82, 2.24) is 19.7 Å². The largest absolute Gasteiger partial charge is 0.322 e. The highest BCUT2D eigenvalue weighted by molar-refractivity contribution is 6.04. The lowest BCUT2D eigenvalue weighted by molar-refractivity contribution is 0.102. The first-order chi connectivity index (χ1) is 10.2. The number of carbonyl (C=O) groups excluding carboxylic acids is 1. The fourth-order valence-electron chi connectivity index (χ4n) is 1.84. The van der Waals surface area contributed by atoms with Crippen LogP contribution in [0.2, 0.25) is 0 Å². The molecule has 0 fully saturated rings. The molecule has 0 atom stereocenters. The van der Waals surface area contributed by atoms with E-state index in [2.05, 4.69) is 20.5 Å². The average Bonchev–Trinajstić information content (AvgIpc) is 3.02. The van der Waals surface area contributed by atoms with Gasteiger partial charge in [0.2, 0.25) is 0 Å². The molecule has 0 unspecified atom stereocenters. The van der Waals surface area contributed by atoms with Crippen LogP contribution in [-0.2, 0) is 0 Å². The van der Waals surface area contributed by atoms with Crippen LogP contribution in [0.5, 0.6) is 0 Å². The number of aromatic nitrogens is 4. The summed E-state index contributed by atoms with van der Waals surface area (Å²) in [5.74, 6) is -1.19. The van der Waals surface area contributed by atoms with Gasteiger partial charge in [0.05, 0.1) is 17.4 Å². The molecule has 104 valence electrons. The van der Waals surface area contributed by atoms with Crippen LogP contribution in [-0.4, -0.2) is 25.7 Å². The predicted octanol–water partition coefficient (Wildman–Crippen LogP) is 2.05. The van der Waals surface area contributed by atoms with Crippen molar-refractivity contribution >= 4 is 11.6 Å². The van der Waals surface area contributed by atoms with Crippen molar-refractivity contribution in [3.8, 4) is 5.69 Å². The van der Waals surface area contributed by atoms with Crippen LogP contribution < -0.4 is 5.32 Å². The van der Waals surface area contributed by atoms with Gasteiger partial charge in [-0.2, -0.15) is 0 Å². The Labute approximate surface area is 119 Å². The molecule has 2 heterocycles. The monoisotopic (exact) mass is 283 g/mol. The molecule has 0 saturated carbocycles. The van der Waals surface area contributed by atoms with Crippen LogP contribution in [0.15, 0.2) is 55.4 Å². The molecule has 1 aromatic carbocycles. The molecule has 0 bridgehead atoms. The smallest absolute Gasteiger partial charge is 0.258 e. The van der Waals surface area contributed by atoms with Gasteiger partial charge in [-0.25, -0.2) is 4.39 Å². The van der Waals surface area contributed by atoms with Crippen molar-refractivity contribution in [3.63, 3.8) is 0 Å². The Morgan fingerprint density at radius 3 is 2.76 bits per heavy atom. The van der Waals surface area contributed by atoms with Gasteiger partial charge in [0.1, 0.15) is 12.7 Å². The Morgan fingerprint density at radius 2 is 2.00 bits per heavy atom. The number of amides is 1. The minimum Gasteiger partial charge on any atom is -0.322 e. The maximum Gasteiger partial charge on any atom is 0.258 e. The molecule has 0 aliphatic carbocycles. The fourth-order valence-corrected chi connectivity index (χ4v) is 1.84. The second-order valence-electron chi connectivity index (χ2n) is 4.23. The molecular weight excluding hydrogens is 273 g/mol. The van der Waals surface area contributed by atoms with Gasteiger partial charge in [-0.15, -0.1) is 10.2 Å². The highest BCUT2D eigenvalue weighted by Crippen LogP contribution is 2.15. The third-order valence-electron chi connectivity index (χ3n) is 2.84. The highest BCUT2D eigenvalue weighted by atomic mass is 19.1. The van der Waals surface area contributed by atoms with E-state index in [0.717, 1.165) is 11.9 Å². The third kappa shape index (κ3) is 2.76. The molecule has 0 aliphatic rings. The molecule has 3 rings (SSSR count). The molecule has 0 radical (unpaired) electrons. The van der Waals surface area contributed by atoms with Gasteiger partial charge < -0.3 is 5.32 Å². The molecule has 3 aromatic rings. The zero-order chi connectivity index (χ0) is 14.7. The van der Waals surface area contributed by atoms with Crippen molar-refractivity contribution in [2.24, 2.45) is 0 Å². The first kappa shape index (κ1) is 12.9. The molecule has 2 aromatic heterocycles. The van der Waals surface area contributed by atoms with Gasteiger partial charge in [-0.1, -0.05) is 6.07 Å². The molecular formula is C14H10FN5O. The molecule has 0 spiro atoms. The van der Waals surface area contributed by atoms with Crippen LogP contribution in [0.1, 0.15) is 10.4 Å². The van der Waals surface area contributed by atoms with E-state index in [9.17, 15) is 9.18 Å². The van der Waals surface area contributed by atoms with Crippen LogP contribution in [0.4, 0.5) is 10.1 Å². The molecule has 0 saturated heterocycles. The lowest BCUT2D eigenvalue weighted by Gasteiger charge is -2.08. The second-order valence-corrected chi connectivity index (χ2v) is 4.23. The van der Waals surface area contributed by atoms with E-state index >= 15 is 0 Å². The summed E-state index contributed by atoms with van der Waals surface area (Å²) in [6, 6.07) is 8.39. The number of nitrogens with zero attached hydrogens (tertiary/aromatic N) is 4. The average molecular weight is 283 g/mol. The first-order valence-electron chi connectivity index (χ1n) is 6.10. The summed E-state index contributed by atoms with van der Waals surface area (Å²) in [6.45, 7) is 0. The minimum atomic E-state index is -0.662. The quantitative estimate of drug-likeness (QED) is 0.798. The molecule has 7 heteroatoms. The van der Waals surface area contributed by atoms with Gasteiger partial charge >= 0.3 is 0 Å². The summed E-state index contributed by atoms with van der Waals surface area (Å²) in [4.78, 5) is 15.6. The van der Waals surface area contributed by atoms with Crippen molar-refractivity contribution in [3.05, 3.63) is 66.8 Å². The van der Waals surface area contributed by atoms with E-state index in [0.29, 0.717) is 5.69 Å². The number of anilines is 1. The SMILES string of the molecule is O=C(Nc1cccc(-n2cnnc2)c1)c1ccncc1F. The number of hydrogen-bond acceptors (Lipinski definition) is 4. The van der Waals surface area contributed by atoms with E-state index < -0.39 is 11.7 Å². The van der Waals surface area contributed by atoms with Crippen molar-refractivity contribution < 1.29 is 9.18 Å². The summed E-state index contributed by atoms with van der Waals surface area (Å²) >= 11 is 0. The zero-order valence-electron chi connectivity index (χ0n) is 10.8. The Balaban J connectivity index is 1.84. The second kappa shape index (κ2) is 5.49. The van der Waals surface area contributed by atoms with E-state index in [-0.39, 0.29) is 5.56 Å². The maximum absolute atomic E-state index is 13.5. The van der Waals surface area contributed by atoms with Crippen molar-refractivity contribution in [2.45, 2.75) is 0 Å². The van der Waals surface area contributed by atoms with Gasteiger partial charge in [-0.3, -0.25) is 14.3 Å². The van der Waals surface area contributed by atoms with Crippen molar-refractivity contribution in [2.75, 3.05) is 5.32 Å². The molecule has 0 aliphatic heterocycles. The normalized spacial score (nSPS) is 10.3. The van der Waals surface area contributed by atoms with Gasteiger partial charge in [0, 0.05) is 11.9 Å². The predicted molar refractivity (Wildman–Crippen MR) is 73.5 cm³/mol. The number of nitrogens with one attached hydrogen (secondary N) is 1. The molecule has 1 amide bonds. The highest BCUT2D eigenvalue weighted by Gasteiger charge is 2.11. The minimum absolute atomic E-state index is 0.0558. The number of halogens is 1. The Hall–Kier alpha value is -3.09. The molecule has 6 nitrogen and oxygen atoms in total. The van der Waals surface area contributed by atoms with Crippen LogP contribution in [0.3, 0.4) is 0 Å². The van der Waals surface area contributed by atoms with E-state index in [1.54, 1.807) is 35.4 Å². The molecule has 21 heavy (non-hydrogen) atoms. The number of carbonyl (C=O) groups is 1. The maximum atomic E-state index is 13.5. The third-order valence-corrected chi connectivity index (χ3v) is 2.84. The van der Waals surface area contributed by atoms with Crippen molar-refractivity contribution in [1.29, 1.82) is 0 Å². The molecule has 1 N–H and O–H groups in total. The zero-order valence-corrected chi connectivity index (χ0v) is 10.8. The van der Waals surface area contributed by atoms with Gasteiger partial charge in [-0.05, 0) is 24.3 Å². The lowest BCUT2D eigenvalue weighted by atomic mass is 10.2. The van der Waals surface area contributed by atoms with E-state index in [1.165, 1.54) is 12.3 Å². The Morgan fingerprint density at radius 1 is 1.19 bits per heavy atom. The number of benzene rings is 1. The topological polar surface area (TPSA) is 72.7 Å². The summed E-state index contributed by atoms with van der Waals surface area (Å²) in [5.41, 5.74) is 1.27. The fraction of sp³-hybridized carbons (Fsp3) is 0. The lowest BCUT2D eigenvalue weighted by Crippen LogP contribution is -2.14. The number of pyridine rings is 1. The standard InChI is InChI=1S/C14H10FN5O/c15-13-7-16-5-4-12(13)14(21)19-10-2-1-3-11(6-10)20-8-17-18-9-20/h1-9H,(H,19,21). The summed E-state index contributed by atoms with van der Waals surface area (Å²) < 4.78 is 15.2.